The molecule has 5 atom stereocenters. The van der Waals surface area contributed by atoms with E-state index in [2.05, 4.69) is 21.3 Å². The molecule has 1 aromatic heterocycles. The van der Waals surface area contributed by atoms with Crippen molar-refractivity contribution in [3.63, 3.8) is 0 Å². The number of hydrogen-bond acceptors (Lipinski definition) is 13. The second-order valence-electron chi connectivity index (χ2n) is 21.8. The lowest BCUT2D eigenvalue weighted by atomic mass is 9.82. The lowest BCUT2D eigenvalue weighted by Gasteiger charge is -2.41. The predicted molar refractivity (Wildman–Crippen MR) is 303 cm³/mol. The Balaban J connectivity index is 1.54. The van der Waals surface area contributed by atoms with Gasteiger partial charge in [0.1, 0.15) is 36.4 Å². The van der Waals surface area contributed by atoms with E-state index in [1.807, 2.05) is 55.7 Å². The minimum absolute atomic E-state index is 0.00189. The minimum atomic E-state index is -1.77. The highest BCUT2D eigenvalue weighted by atomic mass is 19.1. The van der Waals surface area contributed by atoms with Crippen LogP contribution in [0.5, 0.6) is 0 Å². The zero-order valence-corrected chi connectivity index (χ0v) is 47.9. The Morgan fingerprint density at radius 2 is 1.46 bits per heavy atom. The number of aliphatic hydroxyl groups excluding tert-OH is 1. The van der Waals surface area contributed by atoms with Crippen molar-refractivity contribution >= 4 is 59.3 Å². The fourth-order valence-electron chi connectivity index (χ4n) is 9.72. The van der Waals surface area contributed by atoms with E-state index in [1.54, 1.807) is 26.1 Å². The maximum atomic E-state index is 15.3. The Morgan fingerprint density at radius 3 is 2.07 bits per heavy atom. The van der Waals surface area contributed by atoms with E-state index in [9.17, 15) is 62.5 Å². The van der Waals surface area contributed by atoms with Crippen LogP contribution in [0.3, 0.4) is 0 Å². The van der Waals surface area contributed by atoms with Crippen molar-refractivity contribution < 1.29 is 66.9 Å². The van der Waals surface area contributed by atoms with E-state index >= 15 is 4.39 Å². The van der Waals surface area contributed by atoms with Crippen LogP contribution in [0.1, 0.15) is 123 Å². The topological polar surface area (TPSA) is 352 Å². The van der Waals surface area contributed by atoms with Gasteiger partial charge in [-0.25, -0.2) is 18.4 Å². The number of aromatic nitrogens is 1. The first-order valence-corrected chi connectivity index (χ1v) is 27.9. The molecule has 83 heavy (non-hydrogen) atoms. The van der Waals surface area contributed by atoms with Crippen molar-refractivity contribution in [2.24, 2.45) is 28.5 Å². The van der Waals surface area contributed by atoms with Gasteiger partial charge in [0.25, 0.3) is 17.7 Å². The average molecular weight is 1160 g/mol. The van der Waals surface area contributed by atoms with Gasteiger partial charge in [0.05, 0.1) is 12.1 Å². The van der Waals surface area contributed by atoms with Gasteiger partial charge in [-0.05, 0) is 99.1 Å². The third kappa shape index (κ3) is 20.5. The third-order valence-corrected chi connectivity index (χ3v) is 14.0. The molecule has 2 heterocycles. The number of hydrogen-bond donors (Lipinski definition) is 9. The number of nitrogens with zero attached hydrogens (tertiary/aromatic N) is 4. The molecule has 0 bridgehead atoms. The summed E-state index contributed by atoms with van der Waals surface area (Å²) in [6.07, 6.45) is 4.40. The van der Waals surface area contributed by atoms with Crippen LogP contribution in [0, 0.1) is 23.0 Å². The van der Waals surface area contributed by atoms with E-state index in [-0.39, 0.29) is 76.8 Å². The molecule has 2 aromatic carbocycles. The number of aliphatic carboxylic acids is 1. The summed E-state index contributed by atoms with van der Waals surface area (Å²) in [7, 11) is 0. The Bertz CT molecular complexity index is 2770. The number of urea groups is 1. The van der Waals surface area contributed by atoms with Gasteiger partial charge in [0.2, 0.25) is 29.5 Å². The fourth-order valence-corrected chi connectivity index (χ4v) is 9.72. The van der Waals surface area contributed by atoms with Crippen LogP contribution in [0.15, 0.2) is 72.9 Å². The van der Waals surface area contributed by atoms with Crippen LogP contribution in [-0.4, -0.2) is 152 Å². The SMILES string of the molecule is CC(C)[C@H](NC(=O)CCCCCN1C(=O)C=CC1=O)C(=O)N[C@@H](CCCNC(N)=O)C(=O)N(C(=O)CCNC(=O)[C@@H](N)CCN(C(=O)CO)[C@@H](c1cc(-c2cc(F)ccc2F)cn1Cc1ccccc1)C(C)(C)C)[C@@H](CCCCN)C(=O)O. The van der Waals surface area contributed by atoms with Gasteiger partial charge in [0.15, 0.2) is 0 Å². The number of halogens is 2. The van der Waals surface area contributed by atoms with Crippen molar-refractivity contribution in [3.05, 3.63) is 95.8 Å². The van der Waals surface area contributed by atoms with Crippen LogP contribution in [0.25, 0.3) is 11.1 Å². The first kappa shape index (κ1) is 67.6. The molecule has 4 rings (SSSR count). The van der Waals surface area contributed by atoms with E-state index < -0.39 is 132 Å². The van der Waals surface area contributed by atoms with Crippen molar-refractivity contribution in [3.8, 4) is 11.1 Å². The summed E-state index contributed by atoms with van der Waals surface area (Å²) in [5, 5.41) is 31.0. The van der Waals surface area contributed by atoms with Crippen LogP contribution in [0.2, 0.25) is 0 Å². The van der Waals surface area contributed by atoms with Gasteiger partial charge in [-0.1, -0.05) is 71.4 Å². The predicted octanol–water partition coefficient (Wildman–Crippen LogP) is 3.11. The minimum Gasteiger partial charge on any atom is -0.480 e. The number of aliphatic hydroxyl groups is 1. The number of carboxylic acid groups (broad SMARTS) is 1. The number of carbonyl (C=O) groups is 10. The van der Waals surface area contributed by atoms with Gasteiger partial charge in [-0.3, -0.25) is 48.2 Å². The molecule has 0 aliphatic carbocycles. The Morgan fingerprint density at radius 1 is 0.771 bits per heavy atom. The van der Waals surface area contributed by atoms with E-state index in [0.717, 1.165) is 28.7 Å². The number of rotatable bonds is 34. The third-order valence-electron chi connectivity index (χ3n) is 14.0. The van der Waals surface area contributed by atoms with Gasteiger partial charge >= 0.3 is 12.0 Å². The molecule has 0 radical (unpaired) electrons. The molecule has 10 amide bonds. The van der Waals surface area contributed by atoms with Crippen molar-refractivity contribution in [2.75, 3.05) is 39.3 Å². The summed E-state index contributed by atoms with van der Waals surface area (Å²) < 4.78 is 31.6. The summed E-state index contributed by atoms with van der Waals surface area (Å²) in [5.41, 5.74) is 18.2. The van der Waals surface area contributed by atoms with Crippen LogP contribution >= 0.6 is 0 Å². The fraction of sp³-hybridized carbons (Fsp3) is 0.517. The summed E-state index contributed by atoms with van der Waals surface area (Å²) >= 11 is 0. The molecule has 0 saturated heterocycles. The molecule has 1 aliphatic rings. The number of benzene rings is 2. The van der Waals surface area contributed by atoms with Crippen LogP contribution < -0.4 is 38.5 Å². The largest absolute Gasteiger partial charge is 0.480 e. The number of unbranched alkanes of at least 4 members (excludes halogenated alkanes) is 3. The van der Waals surface area contributed by atoms with Gasteiger partial charge in [0, 0.05) is 80.7 Å². The number of primary amides is 1. The van der Waals surface area contributed by atoms with Crippen LogP contribution in [-0.2, 0) is 49.7 Å². The van der Waals surface area contributed by atoms with Crippen molar-refractivity contribution in [1.82, 2.24) is 40.5 Å². The zero-order valence-electron chi connectivity index (χ0n) is 47.9. The Kier molecular flexibility index (Phi) is 26.6. The van der Waals surface area contributed by atoms with Crippen molar-refractivity contribution in [1.29, 1.82) is 0 Å². The number of carbonyl (C=O) groups excluding carboxylic acids is 9. The zero-order chi connectivity index (χ0) is 61.6. The molecule has 454 valence electrons. The van der Waals surface area contributed by atoms with Gasteiger partial charge < -0.3 is 58.1 Å². The average Bonchev–Trinajstić information content (AvgIpc) is 4.22. The molecular weight excluding hydrogens is 1080 g/mol. The number of imide groups is 2. The maximum Gasteiger partial charge on any atom is 0.326 e. The molecule has 12 N–H and O–H groups in total. The van der Waals surface area contributed by atoms with E-state index in [1.165, 1.54) is 17.1 Å². The number of nitrogens with one attached hydrogen (secondary N) is 4. The molecule has 0 unspecified atom stereocenters. The molecule has 0 fully saturated rings. The lowest BCUT2D eigenvalue weighted by molar-refractivity contribution is -0.160. The normalized spacial score (nSPS) is 14.1. The highest BCUT2D eigenvalue weighted by Crippen LogP contribution is 2.41. The quantitative estimate of drug-likeness (QED) is 0.0307. The molecule has 25 heteroatoms. The summed E-state index contributed by atoms with van der Waals surface area (Å²) in [6, 6.07) is 6.34. The van der Waals surface area contributed by atoms with E-state index in [0.29, 0.717) is 41.8 Å². The Labute approximate surface area is 482 Å². The second-order valence-corrected chi connectivity index (χ2v) is 21.8. The molecule has 3 aromatic rings. The molecule has 0 spiro atoms. The van der Waals surface area contributed by atoms with Crippen LogP contribution in [0.4, 0.5) is 13.6 Å². The summed E-state index contributed by atoms with van der Waals surface area (Å²) in [6.45, 7) is 7.73. The van der Waals surface area contributed by atoms with E-state index in [4.69, 9.17) is 17.2 Å². The summed E-state index contributed by atoms with van der Waals surface area (Å²) in [4.78, 5) is 135. The summed E-state index contributed by atoms with van der Waals surface area (Å²) in [5.74, 6) is -9.35. The standard InChI is InChI=1S/C58H81F2N11O12/c1-36(2)51(67-46(73)19-10-7-13-29-69-47(74)22-23-48(69)75)54(79)66-43(17-14-27-65-57(63)83)55(80)71(44(56(81)82)18-11-12-26-61)49(76)24-28-64-53(78)42(62)25-30-70(50(77)35-72)52(58(3,4)5)45-31-38(40-32-39(59)20-21-41(40)60)34-68(45)33-37-15-8-6-9-16-37/h6,8-9,15-16,20-23,31-32,34,36,42-44,51-52,72H,7,10-14,17-19,24-30,33,35,61-62H2,1-5H3,(H,64,78)(H,66,79)(H,67,73)(H,81,82)(H3,63,65,83)/t42-,43-,44-,51-,52-/m0/s1. The first-order valence-electron chi connectivity index (χ1n) is 27.9. The molecule has 23 nitrogen and oxygen atoms in total. The Hall–Kier alpha value is -7.90. The monoisotopic (exact) mass is 1160 g/mol. The number of amides is 10. The van der Waals surface area contributed by atoms with Gasteiger partial charge in [-0.15, -0.1) is 0 Å². The number of nitrogens with two attached hydrogens (primary N) is 3. The molecule has 1 aliphatic heterocycles. The second kappa shape index (κ2) is 32.7. The first-order chi connectivity index (χ1) is 39.3. The highest BCUT2D eigenvalue weighted by molar-refractivity contribution is 6.12. The molecule has 0 saturated carbocycles. The highest BCUT2D eigenvalue weighted by Gasteiger charge is 2.41. The smallest absolute Gasteiger partial charge is 0.326 e. The maximum absolute atomic E-state index is 15.3. The van der Waals surface area contributed by atoms with Gasteiger partial charge in [-0.2, -0.15) is 0 Å². The number of carboxylic acids is 1. The lowest BCUT2D eigenvalue weighted by Crippen LogP contribution is -2.59. The molecular formula is C58H81F2N11O12. The van der Waals surface area contributed by atoms with Crippen molar-refractivity contribution in [2.45, 2.75) is 142 Å².